The van der Waals surface area contributed by atoms with Crippen molar-refractivity contribution >= 4 is 12.2 Å². The van der Waals surface area contributed by atoms with Gasteiger partial charge in [0.2, 0.25) is 4.77 Å². The Kier molecular flexibility index (Phi) is 7.39. The van der Waals surface area contributed by atoms with E-state index < -0.39 is 0 Å². The van der Waals surface area contributed by atoms with E-state index >= 15 is 0 Å². The van der Waals surface area contributed by atoms with E-state index in [0.29, 0.717) is 11.2 Å². The lowest BCUT2D eigenvalue weighted by Gasteiger charge is -2.15. The molecule has 1 aromatic carbocycles. The number of ether oxygens (including phenoxy) is 1. The Morgan fingerprint density at radius 2 is 1.88 bits per heavy atom. The molecule has 1 heterocycles. The molecule has 6 nitrogen and oxygen atoms in total. The van der Waals surface area contributed by atoms with Crippen molar-refractivity contribution in [3.8, 4) is 11.4 Å². The van der Waals surface area contributed by atoms with Gasteiger partial charge in [-0.15, -0.1) is 0 Å². The Morgan fingerprint density at radius 1 is 1.12 bits per heavy atom. The number of benzene rings is 1. The van der Waals surface area contributed by atoms with Gasteiger partial charge in [0.05, 0.1) is 18.8 Å². The molecule has 24 heavy (non-hydrogen) atoms. The van der Waals surface area contributed by atoms with Gasteiger partial charge < -0.3 is 9.84 Å². The minimum absolute atomic E-state index is 0.0892. The van der Waals surface area contributed by atoms with E-state index in [2.05, 4.69) is 17.4 Å². The van der Waals surface area contributed by atoms with Gasteiger partial charge in [-0.25, -0.2) is 4.68 Å². The highest BCUT2D eigenvalue weighted by Gasteiger charge is 2.16. The smallest absolute Gasteiger partial charge is 0.220 e. The van der Waals surface area contributed by atoms with Crippen molar-refractivity contribution in [1.29, 1.82) is 0 Å². The number of hydrogen-bond acceptors (Lipinski definition) is 5. The Labute approximate surface area is 148 Å². The lowest BCUT2D eigenvalue weighted by molar-refractivity contribution is 0.240. The molecule has 0 aliphatic carbocycles. The topological polar surface area (TPSA) is 65.1 Å². The van der Waals surface area contributed by atoms with E-state index in [4.69, 9.17) is 17.0 Å². The summed E-state index contributed by atoms with van der Waals surface area (Å²) in [5.74, 6) is 0.784. The van der Waals surface area contributed by atoms with Crippen molar-refractivity contribution in [1.82, 2.24) is 19.8 Å². The maximum Gasteiger partial charge on any atom is 0.220 e. The molecular weight excluding hydrogens is 324 g/mol. The van der Waals surface area contributed by atoms with Crippen LogP contribution in [0.3, 0.4) is 0 Å². The van der Waals surface area contributed by atoms with Gasteiger partial charge in [0.1, 0.15) is 5.75 Å². The highest BCUT2D eigenvalue weighted by atomic mass is 32.1. The van der Waals surface area contributed by atoms with Crippen LogP contribution in [0.25, 0.3) is 5.69 Å². The largest absolute Gasteiger partial charge is 0.497 e. The molecule has 1 aromatic heterocycles. The molecule has 0 spiro atoms. The summed E-state index contributed by atoms with van der Waals surface area (Å²) in [5.41, 5.74) is 0.848. The molecule has 7 heteroatoms. The average Bonchev–Trinajstić information content (AvgIpc) is 2.99. The third-order valence-electron chi connectivity index (χ3n) is 4.12. The highest BCUT2D eigenvalue weighted by Crippen LogP contribution is 2.21. The van der Waals surface area contributed by atoms with Crippen molar-refractivity contribution in [2.24, 2.45) is 0 Å². The summed E-state index contributed by atoms with van der Waals surface area (Å²) >= 11 is 5.55. The molecule has 0 saturated heterocycles. The number of nitrogens with zero attached hydrogens (tertiary/aromatic N) is 4. The van der Waals surface area contributed by atoms with E-state index in [1.807, 2.05) is 24.3 Å². The predicted molar refractivity (Wildman–Crippen MR) is 96.2 cm³/mol. The van der Waals surface area contributed by atoms with Gasteiger partial charge in [-0.05, 0) is 59.8 Å². The first-order valence-electron chi connectivity index (χ1n) is 8.51. The minimum atomic E-state index is 0.0892. The number of unbranched alkanes of at least 4 members (excludes halogenated alkanes) is 3. The number of methoxy groups -OCH3 is 1. The van der Waals surface area contributed by atoms with Crippen molar-refractivity contribution < 1.29 is 9.84 Å². The molecule has 132 valence electrons. The van der Waals surface area contributed by atoms with Gasteiger partial charge in [0.25, 0.3) is 0 Å². The van der Waals surface area contributed by atoms with E-state index in [1.54, 1.807) is 16.5 Å². The van der Waals surface area contributed by atoms with Crippen LogP contribution in [0.5, 0.6) is 5.75 Å². The summed E-state index contributed by atoms with van der Waals surface area (Å²) in [6, 6.07) is 7.62. The summed E-state index contributed by atoms with van der Waals surface area (Å²) < 4.78 is 9.13. The second-order valence-corrected chi connectivity index (χ2v) is 6.20. The number of hydrogen-bond donors (Lipinski definition) is 1. The maximum absolute atomic E-state index is 9.36. The van der Waals surface area contributed by atoms with E-state index in [1.165, 1.54) is 19.3 Å². The van der Waals surface area contributed by atoms with E-state index in [-0.39, 0.29) is 12.6 Å². The number of aliphatic hydroxyl groups is 1. The zero-order chi connectivity index (χ0) is 17.4. The van der Waals surface area contributed by atoms with Gasteiger partial charge in [0, 0.05) is 6.61 Å². The number of aliphatic hydroxyl groups excluding tert-OH is 1. The Bertz CT molecular complexity index is 666. The summed E-state index contributed by atoms with van der Waals surface area (Å²) in [7, 11) is 1.63. The molecule has 2 aromatic rings. The first-order chi connectivity index (χ1) is 11.7. The average molecular weight is 350 g/mol. The molecule has 0 radical (unpaired) electrons. The highest BCUT2D eigenvalue weighted by molar-refractivity contribution is 7.71. The fourth-order valence-corrected chi connectivity index (χ4v) is 3.04. The molecule has 1 N–H and O–H groups in total. The van der Waals surface area contributed by atoms with Gasteiger partial charge in [0.15, 0.2) is 0 Å². The van der Waals surface area contributed by atoms with Gasteiger partial charge in [-0.2, -0.15) is 4.68 Å². The van der Waals surface area contributed by atoms with E-state index in [9.17, 15) is 5.11 Å². The molecule has 0 amide bonds. The lowest BCUT2D eigenvalue weighted by Crippen LogP contribution is -2.13. The standard InChI is InChI=1S/C17H26N4O2S/c1-3-4-5-6-7-14(12-13-22)20-17(24)21(19-18-20)15-8-10-16(23-2)11-9-15/h8-11,14,22H,3-7,12-13H2,1-2H3/t14-/m1/s1. The Hall–Kier alpha value is -1.73. The van der Waals surface area contributed by atoms with Crippen LogP contribution in [0.2, 0.25) is 0 Å². The predicted octanol–water partition coefficient (Wildman–Crippen LogP) is 3.70. The lowest BCUT2D eigenvalue weighted by atomic mass is 10.1. The van der Waals surface area contributed by atoms with Crippen LogP contribution in [0.4, 0.5) is 0 Å². The zero-order valence-electron chi connectivity index (χ0n) is 14.4. The zero-order valence-corrected chi connectivity index (χ0v) is 15.2. The van der Waals surface area contributed by atoms with Crippen LogP contribution in [0.15, 0.2) is 24.3 Å². The van der Waals surface area contributed by atoms with Gasteiger partial charge >= 0.3 is 0 Å². The van der Waals surface area contributed by atoms with Gasteiger partial charge in [-0.3, -0.25) is 0 Å². The summed E-state index contributed by atoms with van der Waals surface area (Å²) in [5, 5.41) is 17.8. The van der Waals surface area contributed by atoms with Crippen LogP contribution in [-0.2, 0) is 0 Å². The minimum Gasteiger partial charge on any atom is -0.497 e. The third-order valence-corrected chi connectivity index (χ3v) is 4.48. The van der Waals surface area contributed by atoms with Crippen molar-refractivity contribution in [3.63, 3.8) is 0 Å². The van der Waals surface area contributed by atoms with Crippen LogP contribution >= 0.6 is 12.2 Å². The first kappa shape index (κ1) is 18.6. The summed E-state index contributed by atoms with van der Waals surface area (Å²) in [6.45, 7) is 2.32. The molecular formula is C17H26N4O2S. The van der Waals surface area contributed by atoms with Crippen LogP contribution in [0, 0.1) is 4.77 Å². The van der Waals surface area contributed by atoms with Crippen molar-refractivity contribution in [2.75, 3.05) is 13.7 Å². The monoisotopic (exact) mass is 350 g/mol. The maximum atomic E-state index is 9.36. The summed E-state index contributed by atoms with van der Waals surface area (Å²) in [6.07, 6.45) is 6.33. The molecule has 2 rings (SSSR count). The van der Waals surface area contributed by atoms with Crippen LogP contribution < -0.4 is 4.74 Å². The molecule has 0 fully saturated rings. The fraction of sp³-hybridized carbons (Fsp3) is 0.588. The Morgan fingerprint density at radius 3 is 2.50 bits per heavy atom. The SMILES string of the molecule is CCCCCC[C@H](CCO)n1nnn(-c2ccc(OC)cc2)c1=S. The molecule has 1 atom stereocenters. The molecule has 0 bridgehead atoms. The third kappa shape index (κ3) is 4.64. The van der Waals surface area contributed by atoms with E-state index in [0.717, 1.165) is 24.3 Å². The number of aromatic nitrogens is 4. The Balaban J connectivity index is 2.17. The second kappa shape index (κ2) is 9.54. The first-order valence-corrected chi connectivity index (χ1v) is 8.91. The second-order valence-electron chi connectivity index (χ2n) is 5.83. The number of tetrazole rings is 1. The van der Waals surface area contributed by atoms with Crippen molar-refractivity contribution in [3.05, 3.63) is 29.0 Å². The van der Waals surface area contributed by atoms with Crippen LogP contribution in [0.1, 0.15) is 51.5 Å². The van der Waals surface area contributed by atoms with Crippen molar-refractivity contribution in [2.45, 2.75) is 51.5 Å². The quantitative estimate of drug-likeness (QED) is 0.523. The fourth-order valence-electron chi connectivity index (χ4n) is 2.72. The van der Waals surface area contributed by atoms with Crippen LogP contribution in [-0.4, -0.2) is 38.6 Å². The number of rotatable bonds is 10. The molecule has 0 aliphatic rings. The molecule has 0 unspecified atom stereocenters. The molecule has 0 saturated carbocycles. The summed E-state index contributed by atoms with van der Waals surface area (Å²) in [4.78, 5) is 0. The molecule has 0 aliphatic heterocycles. The van der Waals surface area contributed by atoms with Gasteiger partial charge in [-0.1, -0.05) is 32.6 Å². The normalized spacial score (nSPS) is 12.3.